The van der Waals surface area contributed by atoms with Gasteiger partial charge in [0.05, 0.1) is 32.8 Å². The number of hydrogen-bond donors (Lipinski definition) is 0. The topological polar surface area (TPSA) is 63.0 Å². The van der Waals surface area contributed by atoms with Gasteiger partial charge < -0.3 is 4.74 Å². The molecule has 136 valence electrons. The average molecular weight is 376 g/mol. The van der Waals surface area contributed by atoms with Gasteiger partial charge in [0.2, 0.25) is 0 Å². The molecule has 1 aliphatic rings. The van der Waals surface area contributed by atoms with Crippen molar-refractivity contribution in [2.45, 2.75) is 38.2 Å². The highest BCUT2D eigenvalue weighted by atomic mass is 32.1. The number of carbonyl (C=O) groups excluding carboxylic acids is 1. The van der Waals surface area contributed by atoms with Gasteiger partial charge in [-0.05, 0) is 42.7 Å². The summed E-state index contributed by atoms with van der Waals surface area (Å²) < 4.78 is 6.79. The van der Waals surface area contributed by atoms with Gasteiger partial charge in [0.15, 0.2) is 0 Å². The zero-order chi connectivity index (χ0) is 18.6. The van der Waals surface area contributed by atoms with E-state index in [0.717, 1.165) is 41.8 Å². The number of aromatic nitrogens is 1. The van der Waals surface area contributed by atoms with Crippen LogP contribution in [0, 0.1) is 17.2 Å². The molecule has 4 rings (SSSR count). The molecule has 0 N–H and O–H groups in total. The zero-order valence-corrected chi connectivity index (χ0v) is 15.7. The van der Waals surface area contributed by atoms with E-state index in [-0.39, 0.29) is 24.4 Å². The lowest BCUT2D eigenvalue weighted by molar-refractivity contribution is -0.151. The fraction of sp³-hybridized carbons (Fsp3) is 0.318. The summed E-state index contributed by atoms with van der Waals surface area (Å²) in [7, 11) is 0. The number of para-hydroxylation sites is 1. The Morgan fingerprint density at radius 2 is 1.93 bits per heavy atom. The molecule has 0 bridgehead atoms. The number of nitrogens with zero attached hydrogens (tertiary/aromatic N) is 2. The van der Waals surface area contributed by atoms with Gasteiger partial charge in [0.25, 0.3) is 0 Å². The van der Waals surface area contributed by atoms with Gasteiger partial charge in [-0.1, -0.05) is 37.1 Å². The second-order valence-corrected chi connectivity index (χ2v) is 8.00. The van der Waals surface area contributed by atoms with Gasteiger partial charge in [0, 0.05) is 5.92 Å². The van der Waals surface area contributed by atoms with E-state index in [2.05, 4.69) is 12.1 Å². The molecule has 3 aromatic rings. The van der Waals surface area contributed by atoms with Crippen molar-refractivity contribution in [3.8, 4) is 6.07 Å². The molecule has 4 nitrogen and oxygen atoms in total. The molecule has 2 aromatic carbocycles. The quantitative estimate of drug-likeness (QED) is 0.588. The molecule has 1 fully saturated rings. The van der Waals surface area contributed by atoms with Crippen molar-refractivity contribution in [2.75, 3.05) is 0 Å². The molecule has 1 heterocycles. The monoisotopic (exact) mass is 376 g/mol. The molecule has 0 saturated heterocycles. The van der Waals surface area contributed by atoms with E-state index in [9.17, 15) is 4.79 Å². The van der Waals surface area contributed by atoms with Crippen LogP contribution >= 0.6 is 11.3 Å². The van der Waals surface area contributed by atoms with Crippen molar-refractivity contribution in [2.24, 2.45) is 5.92 Å². The molecule has 1 aliphatic carbocycles. The van der Waals surface area contributed by atoms with E-state index in [0.29, 0.717) is 5.56 Å². The van der Waals surface area contributed by atoms with Crippen molar-refractivity contribution < 1.29 is 9.53 Å². The molecular weight excluding hydrogens is 356 g/mol. The van der Waals surface area contributed by atoms with Crippen LogP contribution in [-0.4, -0.2) is 11.0 Å². The van der Waals surface area contributed by atoms with Crippen LogP contribution in [0.4, 0.5) is 0 Å². The zero-order valence-electron chi connectivity index (χ0n) is 14.9. The first-order chi connectivity index (χ1) is 13.2. The second-order valence-electron chi connectivity index (χ2n) is 6.93. The van der Waals surface area contributed by atoms with Crippen LogP contribution in [0.15, 0.2) is 48.5 Å². The maximum atomic E-state index is 12.8. The molecule has 0 unspecified atom stereocenters. The predicted molar refractivity (Wildman–Crippen MR) is 105 cm³/mol. The molecule has 0 spiro atoms. The first-order valence-corrected chi connectivity index (χ1v) is 10.1. The van der Waals surface area contributed by atoms with Gasteiger partial charge in [0.1, 0.15) is 6.61 Å². The number of rotatable bonds is 4. The molecule has 5 heteroatoms. The van der Waals surface area contributed by atoms with Crippen molar-refractivity contribution in [3.63, 3.8) is 0 Å². The summed E-state index contributed by atoms with van der Waals surface area (Å²) in [6, 6.07) is 17.4. The fourth-order valence-electron chi connectivity index (χ4n) is 3.69. The molecule has 0 radical (unpaired) electrons. The number of nitriles is 1. The first kappa shape index (κ1) is 17.7. The molecule has 1 saturated carbocycles. The number of hydrogen-bond acceptors (Lipinski definition) is 5. The maximum Gasteiger partial charge on any atom is 0.309 e. The van der Waals surface area contributed by atoms with E-state index < -0.39 is 0 Å². The Morgan fingerprint density at radius 3 is 2.70 bits per heavy atom. The third-order valence-electron chi connectivity index (χ3n) is 5.16. The minimum atomic E-state index is -0.136. The number of esters is 1. The summed E-state index contributed by atoms with van der Waals surface area (Å²) in [6.45, 7) is 0.244. The van der Waals surface area contributed by atoms with E-state index in [1.165, 1.54) is 4.70 Å². The fourth-order valence-corrected chi connectivity index (χ4v) is 4.86. The Kier molecular flexibility index (Phi) is 5.17. The van der Waals surface area contributed by atoms with Crippen LogP contribution < -0.4 is 0 Å². The summed E-state index contributed by atoms with van der Waals surface area (Å²) in [5.41, 5.74) is 2.51. The van der Waals surface area contributed by atoms with E-state index in [1.54, 1.807) is 23.5 Å². The van der Waals surface area contributed by atoms with Gasteiger partial charge in [-0.2, -0.15) is 5.26 Å². The number of benzene rings is 2. The molecule has 0 aliphatic heterocycles. The van der Waals surface area contributed by atoms with Crippen molar-refractivity contribution >= 4 is 27.5 Å². The minimum Gasteiger partial charge on any atom is -0.461 e. The lowest BCUT2D eigenvalue weighted by Gasteiger charge is -2.28. The van der Waals surface area contributed by atoms with Crippen LogP contribution in [0.3, 0.4) is 0 Å². The summed E-state index contributed by atoms with van der Waals surface area (Å²) >= 11 is 1.69. The third kappa shape index (κ3) is 3.86. The summed E-state index contributed by atoms with van der Waals surface area (Å²) in [6.07, 6.45) is 4.02. The number of ether oxygens (including phenoxy) is 1. The van der Waals surface area contributed by atoms with Gasteiger partial charge in [-0.3, -0.25) is 4.79 Å². The molecule has 1 aromatic heterocycles. The Balaban J connectivity index is 1.47. The van der Waals surface area contributed by atoms with Gasteiger partial charge in [-0.15, -0.1) is 11.3 Å². The van der Waals surface area contributed by atoms with Gasteiger partial charge in [-0.25, -0.2) is 4.98 Å². The Labute approximate surface area is 162 Å². The minimum absolute atomic E-state index is 0.127. The number of carbonyl (C=O) groups is 1. The van der Waals surface area contributed by atoms with Crippen LogP contribution in [0.2, 0.25) is 0 Å². The molecule has 2 atom stereocenters. The number of thiazole rings is 1. The largest absolute Gasteiger partial charge is 0.461 e. The summed E-state index contributed by atoms with van der Waals surface area (Å²) in [5, 5.41) is 9.92. The SMILES string of the molecule is N#Cc1ccc(COC(=O)[C@@H]2CCCC[C@@H]2c2nc3ccccc3s2)cc1. The molecule has 27 heavy (non-hydrogen) atoms. The Bertz CT molecular complexity index is 954. The highest BCUT2D eigenvalue weighted by Crippen LogP contribution is 2.41. The second kappa shape index (κ2) is 7.89. The predicted octanol–water partition coefficient (Wildman–Crippen LogP) is 5.19. The van der Waals surface area contributed by atoms with E-state index in [4.69, 9.17) is 15.0 Å². The normalized spacial score (nSPS) is 19.5. The van der Waals surface area contributed by atoms with Crippen LogP contribution in [0.25, 0.3) is 10.2 Å². The van der Waals surface area contributed by atoms with Crippen LogP contribution in [-0.2, 0) is 16.1 Å². The van der Waals surface area contributed by atoms with Crippen molar-refractivity contribution in [3.05, 3.63) is 64.7 Å². The number of fused-ring (bicyclic) bond motifs is 1. The van der Waals surface area contributed by atoms with Crippen molar-refractivity contribution in [1.29, 1.82) is 5.26 Å². The standard InChI is InChI=1S/C22H20N2O2S/c23-13-15-9-11-16(12-10-15)14-26-22(25)18-6-2-1-5-17(18)21-24-19-7-3-4-8-20(19)27-21/h3-4,7-12,17-18H,1-2,5-6,14H2/t17-,18+/m0/s1. The molecular formula is C22H20N2O2S. The molecule has 0 amide bonds. The lowest BCUT2D eigenvalue weighted by Crippen LogP contribution is -2.27. The lowest BCUT2D eigenvalue weighted by atomic mass is 9.79. The van der Waals surface area contributed by atoms with Crippen molar-refractivity contribution in [1.82, 2.24) is 4.98 Å². The summed E-state index contributed by atoms with van der Waals surface area (Å²) in [4.78, 5) is 17.6. The Hall–Kier alpha value is -2.71. The van der Waals surface area contributed by atoms with Crippen LogP contribution in [0.1, 0.15) is 47.7 Å². The highest BCUT2D eigenvalue weighted by molar-refractivity contribution is 7.18. The van der Waals surface area contributed by atoms with Crippen LogP contribution in [0.5, 0.6) is 0 Å². The smallest absolute Gasteiger partial charge is 0.309 e. The van der Waals surface area contributed by atoms with E-state index >= 15 is 0 Å². The third-order valence-corrected chi connectivity index (χ3v) is 6.33. The maximum absolute atomic E-state index is 12.8. The van der Waals surface area contributed by atoms with Gasteiger partial charge >= 0.3 is 5.97 Å². The Morgan fingerprint density at radius 1 is 1.15 bits per heavy atom. The van der Waals surface area contributed by atoms with E-state index in [1.807, 2.05) is 30.3 Å². The highest BCUT2D eigenvalue weighted by Gasteiger charge is 2.35. The average Bonchev–Trinajstić information content (AvgIpc) is 3.16. The summed E-state index contributed by atoms with van der Waals surface area (Å²) in [5.74, 6) is -0.120. The first-order valence-electron chi connectivity index (χ1n) is 9.26.